The molecule has 1 N–H and O–H groups in total. The summed E-state index contributed by atoms with van der Waals surface area (Å²) in [5.74, 6) is 0.908. The van der Waals surface area contributed by atoms with Crippen LogP contribution in [0.4, 0.5) is 0 Å². The Hall–Kier alpha value is -2.58. The van der Waals surface area contributed by atoms with Crippen molar-refractivity contribution in [3.05, 3.63) is 59.2 Å². The summed E-state index contributed by atoms with van der Waals surface area (Å²) in [6.45, 7) is 1.36. The Morgan fingerprint density at radius 2 is 1.86 bits per heavy atom. The van der Waals surface area contributed by atoms with Crippen LogP contribution in [0.2, 0.25) is 0 Å². The lowest BCUT2D eigenvalue weighted by atomic mass is 10.0. The van der Waals surface area contributed by atoms with Gasteiger partial charge in [-0.15, -0.1) is 0 Å². The zero-order valence-corrected chi connectivity index (χ0v) is 16.2. The predicted octanol–water partition coefficient (Wildman–Crippen LogP) is 1.92. The van der Waals surface area contributed by atoms with E-state index < -0.39 is 10.0 Å². The van der Waals surface area contributed by atoms with Gasteiger partial charge in [0.05, 0.1) is 5.75 Å². The largest absolute Gasteiger partial charge is 0.454 e. The van der Waals surface area contributed by atoms with Gasteiger partial charge >= 0.3 is 0 Å². The first-order valence-corrected chi connectivity index (χ1v) is 10.9. The lowest BCUT2D eigenvalue weighted by Gasteiger charge is -2.28. The molecule has 2 aliphatic rings. The van der Waals surface area contributed by atoms with Gasteiger partial charge in [-0.05, 0) is 42.2 Å². The SMILES string of the molecule is O=C(NCCCS(=O)(=O)N1CCc2ccccc2C1)c1ccc2c(c1)OCO2. The summed E-state index contributed by atoms with van der Waals surface area (Å²) in [4.78, 5) is 12.2. The van der Waals surface area contributed by atoms with Gasteiger partial charge in [-0.25, -0.2) is 8.42 Å². The Labute approximate surface area is 164 Å². The third-order valence-corrected chi connectivity index (χ3v) is 6.89. The molecule has 148 valence electrons. The van der Waals surface area contributed by atoms with Crippen molar-refractivity contribution in [3.63, 3.8) is 0 Å². The second-order valence-corrected chi connectivity index (χ2v) is 8.93. The van der Waals surface area contributed by atoms with Gasteiger partial charge in [0.25, 0.3) is 5.91 Å². The highest BCUT2D eigenvalue weighted by Gasteiger charge is 2.26. The van der Waals surface area contributed by atoms with E-state index in [2.05, 4.69) is 5.32 Å². The van der Waals surface area contributed by atoms with Crippen LogP contribution in [0.1, 0.15) is 27.9 Å². The fourth-order valence-corrected chi connectivity index (χ4v) is 4.91. The van der Waals surface area contributed by atoms with E-state index in [0.717, 1.165) is 12.0 Å². The molecule has 0 unspecified atom stereocenters. The van der Waals surface area contributed by atoms with Crippen LogP contribution in [0.25, 0.3) is 0 Å². The highest BCUT2D eigenvalue weighted by atomic mass is 32.2. The lowest BCUT2D eigenvalue weighted by molar-refractivity contribution is 0.0953. The van der Waals surface area contributed by atoms with E-state index in [0.29, 0.717) is 36.6 Å². The fraction of sp³-hybridized carbons (Fsp3) is 0.350. The van der Waals surface area contributed by atoms with Crippen molar-refractivity contribution in [1.29, 1.82) is 0 Å². The summed E-state index contributed by atoms with van der Waals surface area (Å²) >= 11 is 0. The summed E-state index contributed by atoms with van der Waals surface area (Å²) in [6.07, 6.45) is 1.09. The molecule has 4 rings (SSSR count). The van der Waals surface area contributed by atoms with E-state index in [1.807, 2.05) is 24.3 Å². The Morgan fingerprint density at radius 1 is 1.07 bits per heavy atom. The summed E-state index contributed by atoms with van der Waals surface area (Å²) < 4.78 is 37.3. The Balaban J connectivity index is 1.27. The summed E-state index contributed by atoms with van der Waals surface area (Å²) in [5.41, 5.74) is 2.73. The zero-order valence-electron chi connectivity index (χ0n) is 15.4. The van der Waals surface area contributed by atoms with E-state index >= 15 is 0 Å². The van der Waals surface area contributed by atoms with Crippen LogP contribution in [-0.4, -0.2) is 44.3 Å². The number of benzene rings is 2. The lowest BCUT2D eigenvalue weighted by Crippen LogP contribution is -2.38. The first kappa shape index (κ1) is 18.8. The van der Waals surface area contributed by atoms with Gasteiger partial charge in [0.1, 0.15) is 0 Å². The van der Waals surface area contributed by atoms with Crippen LogP contribution < -0.4 is 14.8 Å². The van der Waals surface area contributed by atoms with E-state index in [1.54, 1.807) is 18.2 Å². The number of carbonyl (C=O) groups excluding carboxylic acids is 1. The maximum atomic E-state index is 12.6. The third-order valence-electron chi connectivity index (χ3n) is 4.99. The van der Waals surface area contributed by atoms with Crippen LogP contribution in [0, 0.1) is 0 Å². The number of hydrogen-bond donors (Lipinski definition) is 1. The fourth-order valence-electron chi connectivity index (χ4n) is 3.43. The topological polar surface area (TPSA) is 84.9 Å². The standard InChI is InChI=1S/C20H22N2O5S/c23-20(16-6-7-18-19(12-16)27-14-26-18)21-9-3-11-28(24,25)22-10-8-15-4-1-2-5-17(15)13-22/h1-2,4-7,12H,3,8-11,13-14H2,(H,21,23). The van der Waals surface area contributed by atoms with Gasteiger partial charge in [0.2, 0.25) is 16.8 Å². The van der Waals surface area contributed by atoms with Gasteiger partial charge in [-0.1, -0.05) is 24.3 Å². The van der Waals surface area contributed by atoms with Gasteiger partial charge in [-0.3, -0.25) is 4.79 Å². The average molecular weight is 402 g/mol. The number of nitrogens with one attached hydrogen (secondary N) is 1. The first-order valence-electron chi connectivity index (χ1n) is 9.25. The minimum atomic E-state index is -3.35. The zero-order chi connectivity index (χ0) is 19.6. The smallest absolute Gasteiger partial charge is 0.251 e. The van der Waals surface area contributed by atoms with Crippen molar-refractivity contribution < 1.29 is 22.7 Å². The van der Waals surface area contributed by atoms with E-state index in [9.17, 15) is 13.2 Å². The number of fused-ring (bicyclic) bond motifs is 2. The summed E-state index contributed by atoms with van der Waals surface area (Å²) in [6, 6.07) is 12.9. The molecule has 0 radical (unpaired) electrons. The number of rotatable bonds is 6. The normalized spacial score (nSPS) is 15.9. The van der Waals surface area contributed by atoms with Crippen molar-refractivity contribution >= 4 is 15.9 Å². The number of hydrogen-bond acceptors (Lipinski definition) is 5. The molecule has 0 aromatic heterocycles. The van der Waals surface area contributed by atoms with Crippen LogP contribution in [0.5, 0.6) is 11.5 Å². The number of nitrogens with zero attached hydrogens (tertiary/aromatic N) is 1. The second-order valence-electron chi connectivity index (χ2n) is 6.85. The Morgan fingerprint density at radius 3 is 2.71 bits per heavy atom. The molecule has 0 fully saturated rings. The summed E-state index contributed by atoms with van der Waals surface area (Å²) in [7, 11) is -3.35. The monoisotopic (exact) mass is 402 g/mol. The van der Waals surface area contributed by atoms with Gasteiger partial charge in [0.15, 0.2) is 11.5 Å². The van der Waals surface area contributed by atoms with Crippen LogP contribution in [-0.2, 0) is 23.0 Å². The summed E-state index contributed by atoms with van der Waals surface area (Å²) in [5, 5.41) is 2.76. The molecule has 0 saturated carbocycles. The molecule has 0 atom stereocenters. The molecule has 2 aromatic carbocycles. The molecule has 2 aliphatic heterocycles. The molecule has 8 heteroatoms. The number of sulfonamides is 1. The highest BCUT2D eigenvalue weighted by molar-refractivity contribution is 7.89. The van der Waals surface area contributed by atoms with Crippen LogP contribution in [0.3, 0.4) is 0 Å². The number of carbonyl (C=O) groups is 1. The first-order chi connectivity index (χ1) is 13.5. The van der Waals surface area contributed by atoms with Crippen LogP contribution in [0.15, 0.2) is 42.5 Å². The molecule has 28 heavy (non-hydrogen) atoms. The van der Waals surface area contributed by atoms with Crippen molar-refractivity contribution in [2.24, 2.45) is 0 Å². The second kappa shape index (κ2) is 7.81. The van der Waals surface area contributed by atoms with Gasteiger partial charge in [0, 0.05) is 25.2 Å². The van der Waals surface area contributed by atoms with Crippen molar-refractivity contribution in [2.45, 2.75) is 19.4 Å². The number of ether oxygens (including phenoxy) is 2. The van der Waals surface area contributed by atoms with Crippen LogP contribution >= 0.6 is 0 Å². The van der Waals surface area contributed by atoms with E-state index in [-0.39, 0.29) is 25.0 Å². The van der Waals surface area contributed by atoms with Gasteiger partial charge in [-0.2, -0.15) is 4.31 Å². The van der Waals surface area contributed by atoms with Crippen molar-refractivity contribution in [3.8, 4) is 11.5 Å². The van der Waals surface area contributed by atoms with Crippen molar-refractivity contribution in [1.82, 2.24) is 9.62 Å². The molecule has 2 heterocycles. The molecule has 7 nitrogen and oxygen atoms in total. The molecule has 0 bridgehead atoms. The molecular formula is C20H22N2O5S. The predicted molar refractivity (Wildman–Crippen MR) is 104 cm³/mol. The molecule has 0 saturated heterocycles. The molecule has 2 aromatic rings. The quantitative estimate of drug-likeness (QED) is 0.747. The molecular weight excluding hydrogens is 380 g/mol. The third kappa shape index (κ3) is 3.98. The van der Waals surface area contributed by atoms with Gasteiger partial charge < -0.3 is 14.8 Å². The highest BCUT2D eigenvalue weighted by Crippen LogP contribution is 2.32. The maximum Gasteiger partial charge on any atom is 0.251 e. The minimum Gasteiger partial charge on any atom is -0.454 e. The molecule has 0 spiro atoms. The van der Waals surface area contributed by atoms with E-state index in [4.69, 9.17) is 9.47 Å². The van der Waals surface area contributed by atoms with E-state index in [1.165, 1.54) is 9.87 Å². The number of amides is 1. The average Bonchev–Trinajstić information content (AvgIpc) is 3.18. The van der Waals surface area contributed by atoms with Crippen molar-refractivity contribution in [2.75, 3.05) is 25.6 Å². The Bertz CT molecular complexity index is 990. The molecule has 1 amide bonds. The maximum absolute atomic E-state index is 12.6. The minimum absolute atomic E-state index is 0.0105. The Kier molecular flexibility index (Phi) is 5.23. The molecule has 0 aliphatic carbocycles.